The molecule has 1 saturated heterocycles. The number of aromatic hydroxyl groups is 1. The van der Waals surface area contributed by atoms with Crippen molar-refractivity contribution in [3.8, 4) is 11.5 Å². The quantitative estimate of drug-likeness (QED) is 0.474. The maximum absolute atomic E-state index is 12.1. The van der Waals surface area contributed by atoms with E-state index in [1.807, 2.05) is 0 Å². The predicted molar refractivity (Wildman–Crippen MR) is 109 cm³/mol. The highest BCUT2D eigenvalue weighted by Gasteiger charge is 2.53. The second-order valence-corrected chi connectivity index (χ2v) is 7.71. The molecule has 3 rings (SSSR count). The molecule has 1 fully saturated rings. The lowest BCUT2D eigenvalue weighted by molar-refractivity contribution is -0.304. The number of fused-ring (bicyclic) bond motifs is 1. The molecule has 1 unspecified atom stereocenters. The molecule has 12 heteroatoms. The van der Waals surface area contributed by atoms with E-state index < -0.39 is 53.6 Å². The maximum atomic E-state index is 12.1. The molecule has 0 aliphatic carbocycles. The predicted octanol–water partition coefficient (Wildman–Crippen LogP) is 0.810. The van der Waals surface area contributed by atoms with Crippen molar-refractivity contribution in [1.29, 1.82) is 0 Å². The van der Waals surface area contributed by atoms with Crippen molar-refractivity contribution in [2.75, 3.05) is 12.4 Å². The number of nitrogens with one attached hydrogen (secondary N) is 1. The molecule has 5 N–H and O–H groups in total. The molecular formula is C20H24N2O10. The van der Waals surface area contributed by atoms with Crippen LogP contribution in [0, 0.1) is 0 Å². The molecule has 2 heterocycles. The van der Waals surface area contributed by atoms with E-state index in [0.29, 0.717) is 0 Å². The molecule has 1 aliphatic rings. The highest BCUT2D eigenvalue weighted by molar-refractivity contribution is 5.96. The SMILES string of the molecule is CO[C@@H]1[C@H](OC(N)=O)[C@H](O)C(Oc2ccc3c(O)c(NC(C)=O)c(=O)oc3c2)OC1(C)C. The first kappa shape index (κ1) is 23.3. The molecule has 0 spiro atoms. The summed E-state index contributed by atoms with van der Waals surface area (Å²) < 4.78 is 27.1. The van der Waals surface area contributed by atoms with Crippen molar-refractivity contribution in [1.82, 2.24) is 0 Å². The van der Waals surface area contributed by atoms with Gasteiger partial charge in [-0.15, -0.1) is 0 Å². The summed E-state index contributed by atoms with van der Waals surface area (Å²) in [6.07, 6.45) is -5.92. The Kier molecular flexibility index (Phi) is 6.30. The number of anilines is 1. The van der Waals surface area contributed by atoms with Crippen LogP contribution in [-0.2, 0) is 19.0 Å². The monoisotopic (exact) mass is 452 g/mol. The summed E-state index contributed by atoms with van der Waals surface area (Å²) in [6, 6.07) is 4.11. The molecule has 0 saturated carbocycles. The van der Waals surface area contributed by atoms with Crippen LogP contribution in [0.1, 0.15) is 20.8 Å². The Morgan fingerprint density at radius 1 is 1.28 bits per heavy atom. The van der Waals surface area contributed by atoms with Gasteiger partial charge < -0.3 is 44.6 Å². The van der Waals surface area contributed by atoms with Gasteiger partial charge in [-0.25, -0.2) is 9.59 Å². The van der Waals surface area contributed by atoms with Gasteiger partial charge in [-0.2, -0.15) is 0 Å². The van der Waals surface area contributed by atoms with E-state index in [-0.39, 0.29) is 22.4 Å². The van der Waals surface area contributed by atoms with E-state index in [1.165, 1.54) is 32.2 Å². The van der Waals surface area contributed by atoms with Gasteiger partial charge in [0, 0.05) is 20.1 Å². The van der Waals surface area contributed by atoms with Crippen LogP contribution in [0.15, 0.2) is 27.4 Å². The number of ether oxygens (including phenoxy) is 4. The van der Waals surface area contributed by atoms with Gasteiger partial charge in [0.25, 0.3) is 0 Å². The van der Waals surface area contributed by atoms with Crippen molar-refractivity contribution < 1.29 is 43.2 Å². The number of nitrogens with two attached hydrogens (primary N) is 1. The zero-order chi connectivity index (χ0) is 23.8. The van der Waals surface area contributed by atoms with Gasteiger partial charge in [0.2, 0.25) is 12.2 Å². The van der Waals surface area contributed by atoms with Crippen molar-refractivity contribution in [3.05, 3.63) is 28.6 Å². The van der Waals surface area contributed by atoms with E-state index >= 15 is 0 Å². The third kappa shape index (κ3) is 4.47. The summed E-state index contributed by atoms with van der Waals surface area (Å²) in [5.74, 6) is -0.910. The first-order valence-electron chi connectivity index (χ1n) is 9.53. The van der Waals surface area contributed by atoms with E-state index in [4.69, 9.17) is 29.1 Å². The molecule has 4 atom stereocenters. The summed E-state index contributed by atoms with van der Waals surface area (Å²) in [5, 5.41) is 23.4. The van der Waals surface area contributed by atoms with Gasteiger partial charge in [-0.1, -0.05) is 0 Å². The van der Waals surface area contributed by atoms with Crippen LogP contribution in [0.4, 0.5) is 10.5 Å². The molecule has 12 nitrogen and oxygen atoms in total. The molecule has 0 bridgehead atoms. The number of carbonyl (C=O) groups excluding carboxylic acids is 2. The standard InChI is InChI=1S/C20H24N2O10/c1-8(23)22-12-13(24)10-6-5-9(7-11(10)30-17(12)26)29-18-14(25)15(31-19(21)27)16(28-4)20(2,3)32-18/h5-7,14-16,18,24-25H,1-4H3,(H2,21,27)(H,22,23)/t14-,15+,16+,18?/m0/s1. The normalized spacial score (nSPS) is 24.7. The zero-order valence-electron chi connectivity index (χ0n) is 17.8. The number of hydrogen-bond donors (Lipinski definition) is 4. The summed E-state index contributed by atoms with van der Waals surface area (Å²) in [4.78, 5) is 34.7. The maximum Gasteiger partial charge on any atom is 0.404 e. The number of primary amides is 1. The third-order valence-electron chi connectivity index (χ3n) is 4.93. The highest BCUT2D eigenvalue weighted by Crippen LogP contribution is 2.36. The lowest BCUT2D eigenvalue weighted by Crippen LogP contribution is -2.65. The summed E-state index contributed by atoms with van der Waals surface area (Å²) in [6.45, 7) is 4.49. The van der Waals surface area contributed by atoms with Crippen molar-refractivity contribution in [2.45, 2.75) is 51.0 Å². The molecule has 1 aromatic heterocycles. The van der Waals surface area contributed by atoms with Crippen LogP contribution in [0.25, 0.3) is 11.0 Å². The van der Waals surface area contributed by atoms with Crippen LogP contribution in [0.2, 0.25) is 0 Å². The Morgan fingerprint density at radius 3 is 2.56 bits per heavy atom. The van der Waals surface area contributed by atoms with Gasteiger partial charge in [0.15, 0.2) is 23.6 Å². The van der Waals surface area contributed by atoms with E-state index in [1.54, 1.807) is 13.8 Å². The number of aliphatic hydroxyl groups excluding tert-OH is 1. The van der Waals surface area contributed by atoms with Gasteiger partial charge in [-0.3, -0.25) is 4.79 Å². The summed E-state index contributed by atoms with van der Waals surface area (Å²) >= 11 is 0. The molecule has 174 valence electrons. The Bertz CT molecular complexity index is 1100. The number of benzene rings is 1. The third-order valence-corrected chi connectivity index (χ3v) is 4.93. The van der Waals surface area contributed by atoms with Crippen molar-refractivity contribution in [2.24, 2.45) is 5.73 Å². The van der Waals surface area contributed by atoms with Crippen LogP contribution in [0.5, 0.6) is 11.5 Å². The average molecular weight is 452 g/mol. The van der Waals surface area contributed by atoms with Gasteiger partial charge in [0.05, 0.1) is 11.0 Å². The molecular weight excluding hydrogens is 428 g/mol. The Balaban J connectivity index is 1.93. The van der Waals surface area contributed by atoms with Gasteiger partial charge >= 0.3 is 11.7 Å². The molecule has 2 amide bonds. The molecule has 1 aliphatic heterocycles. The van der Waals surface area contributed by atoms with Gasteiger partial charge in [-0.05, 0) is 26.0 Å². The minimum Gasteiger partial charge on any atom is -0.505 e. The van der Waals surface area contributed by atoms with Crippen LogP contribution < -0.4 is 21.4 Å². The number of rotatable bonds is 5. The number of methoxy groups -OCH3 is 1. The fourth-order valence-corrected chi connectivity index (χ4v) is 3.60. The van der Waals surface area contributed by atoms with Crippen LogP contribution in [-0.4, -0.2) is 59.5 Å². The second-order valence-electron chi connectivity index (χ2n) is 7.71. The van der Waals surface area contributed by atoms with Crippen LogP contribution in [0.3, 0.4) is 0 Å². The van der Waals surface area contributed by atoms with E-state index in [2.05, 4.69) is 5.32 Å². The fraction of sp³-hybridized carbons (Fsp3) is 0.450. The minimum atomic E-state index is -1.47. The Morgan fingerprint density at radius 2 is 1.97 bits per heavy atom. The summed E-state index contributed by atoms with van der Waals surface area (Å²) in [7, 11) is 1.37. The van der Waals surface area contributed by atoms with Crippen LogP contribution >= 0.6 is 0 Å². The number of amides is 2. The summed E-state index contributed by atoms with van der Waals surface area (Å²) in [5.41, 5.74) is 2.69. The second kappa shape index (κ2) is 8.65. The largest absolute Gasteiger partial charge is 0.505 e. The van der Waals surface area contributed by atoms with Gasteiger partial charge in [0.1, 0.15) is 17.4 Å². The number of carbonyl (C=O) groups is 2. The van der Waals surface area contributed by atoms with Crippen molar-refractivity contribution >= 4 is 28.7 Å². The first-order chi connectivity index (χ1) is 14.9. The highest BCUT2D eigenvalue weighted by atomic mass is 16.7. The zero-order valence-corrected chi connectivity index (χ0v) is 17.8. The smallest absolute Gasteiger partial charge is 0.404 e. The van der Waals surface area contributed by atoms with Crippen molar-refractivity contribution in [3.63, 3.8) is 0 Å². The van der Waals surface area contributed by atoms with E-state index in [0.717, 1.165) is 0 Å². The number of aliphatic hydroxyl groups is 1. The lowest BCUT2D eigenvalue weighted by atomic mass is 9.89. The Labute approximate surface area is 181 Å². The number of hydrogen-bond acceptors (Lipinski definition) is 10. The molecule has 1 aromatic carbocycles. The molecule has 32 heavy (non-hydrogen) atoms. The first-order valence-corrected chi connectivity index (χ1v) is 9.53. The van der Waals surface area contributed by atoms with E-state index in [9.17, 15) is 24.6 Å². The molecule has 2 aromatic rings. The minimum absolute atomic E-state index is 0.0386. The lowest BCUT2D eigenvalue weighted by Gasteiger charge is -2.47. The average Bonchev–Trinajstić information content (AvgIpc) is 2.68. The Hall–Kier alpha value is -3.35. The molecule has 0 radical (unpaired) electrons. The topological polar surface area (TPSA) is 180 Å². The fourth-order valence-electron chi connectivity index (χ4n) is 3.60.